The van der Waals surface area contributed by atoms with Crippen molar-refractivity contribution in [3.05, 3.63) is 63.5 Å². The molecule has 0 aliphatic rings. The van der Waals surface area contributed by atoms with E-state index in [9.17, 15) is 10.1 Å². The Morgan fingerprint density at radius 1 is 1.28 bits per heavy atom. The molecule has 0 atom stereocenters. The van der Waals surface area contributed by atoms with Crippen LogP contribution in [0.25, 0.3) is 16.0 Å². The highest BCUT2D eigenvalue weighted by molar-refractivity contribution is 7.20. The fourth-order valence-corrected chi connectivity index (χ4v) is 3.90. The molecule has 4 nitrogen and oxygen atoms in total. The molecule has 1 N–H and O–H groups in total. The summed E-state index contributed by atoms with van der Waals surface area (Å²) in [6.45, 7) is 3.92. The number of thiophene rings is 1. The summed E-state index contributed by atoms with van der Waals surface area (Å²) in [4.78, 5) is 17.9. The first-order valence-corrected chi connectivity index (χ1v) is 9.32. The number of benzene rings is 1. The molecule has 0 bridgehead atoms. The molecule has 1 amide bonds. The van der Waals surface area contributed by atoms with E-state index in [-0.39, 0.29) is 5.57 Å². The first-order valence-electron chi connectivity index (χ1n) is 7.56. The summed E-state index contributed by atoms with van der Waals surface area (Å²) in [6, 6.07) is 11.7. The number of hydrogen-bond acceptors (Lipinski definition) is 5. The third-order valence-electron chi connectivity index (χ3n) is 3.54. The van der Waals surface area contributed by atoms with E-state index in [1.165, 1.54) is 17.4 Å². The second-order valence-electron chi connectivity index (χ2n) is 5.50. The summed E-state index contributed by atoms with van der Waals surface area (Å²) < 4.78 is 0. The predicted molar refractivity (Wildman–Crippen MR) is 104 cm³/mol. The van der Waals surface area contributed by atoms with Crippen LogP contribution in [0.2, 0.25) is 0 Å². The third-order valence-corrected chi connectivity index (χ3v) is 5.44. The predicted octanol–water partition coefficient (Wildman–Crippen LogP) is 5.03. The molecule has 0 unspecified atom stereocenters. The Bertz CT molecular complexity index is 979. The highest BCUT2D eigenvalue weighted by Gasteiger charge is 2.12. The summed E-state index contributed by atoms with van der Waals surface area (Å²) in [6.07, 6.45) is 1.52. The van der Waals surface area contributed by atoms with Crippen molar-refractivity contribution in [1.82, 2.24) is 4.98 Å². The monoisotopic (exact) mass is 365 g/mol. The zero-order chi connectivity index (χ0) is 17.8. The van der Waals surface area contributed by atoms with Gasteiger partial charge in [-0.05, 0) is 43.0 Å². The van der Waals surface area contributed by atoms with E-state index in [0.29, 0.717) is 11.4 Å². The van der Waals surface area contributed by atoms with E-state index in [2.05, 4.69) is 10.3 Å². The van der Waals surface area contributed by atoms with Gasteiger partial charge < -0.3 is 5.32 Å². The van der Waals surface area contributed by atoms with Gasteiger partial charge in [0.05, 0.1) is 10.6 Å². The molecule has 2 aromatic heterocycles. The maximum absolute atomic E-state index is 12.4. The topological polar surface area (TPSA) is 65.8 Å². The second-order valence-corrected chi connectivity index (χ2v) is 7.30. The number of carbonyl (C=O) groups excluding carboxylic acids is 1. The average Bonchev–Trinajstić information content (AvgIpc) is 3.26. The number of thiazole rings is 1. The van der Waals surface area contributed by atoms with Gasteiger partial charge in [0.1, 0.15) is 16.6 Å². The van der Waals surface area contributed by atoms with Crippen LogP contribution < -0.4 is 5.32 Å². The maximum atomic E-state index is 12.4. The molecular formula is C19H15N3OS2. The molecule has 0 saturated heterocycles. The van der Waals surface area contributed by atoms with Gasteiger partial charge >= 0.3 is 0 Å². The van der Waals surface area contributed by atoms with Crippen LogP contribution in [0, 0.1) is 25.2 Å². The van der Waals surface area contributed by atoms with E-state index < -0.39 is 5.91 Å². The van der Waals surface area contributed by atoms with Gasteiger partial charge in [-0.1, -0.05) is 23.8 Å². The van der Waals surface area contributed by atoms with Crippen molar-refractivity contribution < 1.29 is 4.79 Å². The molecule has 1 aromatic carbocycles. The van der Waals surface area contributed by atoms with Crippen LogP contribution in [0.3, 0.4) is 0 Å². The number of aromatic nitrogens is 1. The molecule has 6 heteroatoms. The van der Waals surface area contributed by atoms with E-state index in [4.69, 9.17) is 0 Å². The van der Waals surface area contributed by atoms with Crippen molar-refractivity contribution in [1.29, 1.82) is 5.26 Å². The number of aryl methyl sites for hydroxylation is 2. The van der Waals surface area contributed by atoms with Crippen LogP contribution in [-0.2, 0) is 4.79 Å². The molecule has 3 aromatic rings. The maximum Gasteiger partial charge on any atom is 0.266 e. The Labute approximate surface area is 154 Å². The van der Waals surface area contributed by atoms with E-state index >= 15 is 0 Å². The fraction of sp³-hybridized carbons (Fsp3) is 0.105. The average molecular weight is 365 g/mol. The Morgan fingerprint density at radius 3 is 2.80 bits per heavy atom. The number of nitrogens with zero attached hydrogens (tertiary/aromatic N) is 2. The molecular weight excluding hydrogens is 350 g/mol. The lowest BCUT2D eigenvalue weighted by atomic mass is 10.1. The molecule has 3 rings (SSSR count). The molecule has 0 aliphatic carbocycles. The molecule has 0 radical (unpaired) electrons. The summed E-state index contributed by atoms with van der Waals surface area (Å²) in [5.41, 5.74) is 3.42. The lowest BCUT2D eigenvalue weighted by Crippen LogP contribution is -2.14. The second kappa shape index (κ2) is 7.43. The lowest BCUT2D eigenvalue weighted by Gasteiger charge is -2.08. The van der Waals surface area contributed by atoms with Crippen LogP contribution in [0.15, 0.2) is 46.7 Å². The Kier molecular flexibility index (Phi) is 5.08. The summed E-state index contributed by atoms with van der Waals surface area (Å²) in [5, 5.41) is 16.8. The lowest BCUT2D eigenvalue weighted by molar-refractivity contribution is -0.112. The molecule has 25 heavy (non-hydrogen) atoms. The molecule has 2 heterocycles. The van der Waals surface area contributed by atoms with E-state index in [1.54, 1.807) is 11.3 Å². The molecule has 0 fully saturated rings. The number of nitriles is 1. The number of amides is 1. The van der Waals surface area contributed by atoms with Crippen LogP contribution in [0.4, 0.5) is 5.69 Å². The fourth-order valence-electron chi connectivity index (χ4n) is 2.31. The van der Waals surface area contributed by atoms with Gasteiger partial charge in [-0.15, -0.1) is 22.7 Å². The third kappa shape index (κ3) is 4.02. The number of rotatable bonds is 4. The van der Waals surface area contributed by atoms with E-state index in [0.717, 1.165) is 21.0 Å². The van der Waals surface area contributed by atoms with Crippen LogP contribution >= 0.6 is 22.7 Å². The van der Waals surface area contributed by atoms with Crippen LogP contribution in [-0.4, -0.2) is 10.9 Å². The van der Waals surface area contributed by atoms with E-state index in [1.807, 2.05) is 61.0 Å². The molecule has 0 spiro atoms. The first kappa shape index (κ1) is 17.1. The van der Waals surface area contributed by atoms with Gasteiger partial charge in [0.15, 0.2) is 0 Å². The number of carbonyl (C=O) groups is 1. The van der Waals surface area contributed by atoms with Crippen molar-refractivity contribution in [2.24, 2.45) is 0 Å². The molecule has 0 aliphatic heterocycles. The van der Waals surface area contributed by atoms with Gasteiger partial charge in [0, 0.05) is 11.1 Å². The summed E-state index contributed by atoms with van der Waals surface area (Å²) in [7, 11) is 0. The zero-order valence-corrected chi connectivity index (χ0v) is 15.4. The van der Waals surface area contributed by atoms with Gasteiger partial charge in [-0.3, -0.25) is 4.79 Å². The zero-order valence-electron chi connectivity index (χ0n) is 13.7. The van der Waals surface area contributed by atoms with Gasteiger partial charge in [0.2, 0.25) is 0 Å². The largest absolute Gasteiger partial charge is 0.321 e. The SMILES string of the molecule is Cc1ccc(NC(=O)C(C#N)=Cc2csc(-c3cccs3)n2)c(C)c1. The quantitative estimate of drug-likeness (QED) is 0.521. The smallest absolute Gasteiger partial charge is 0.266 e. The van der Waals surface area contributed by atoms with Crippen LogP contribution in [0.1, 0.15) is 16.8 Å². The number of hydrogen-bond donors (Lipinski definition) is 1. The number of anilines is 1. The number of nitrogens with one attached hydrogen (secondary N) is 1. The Morgan fingerprint density at radius 2 is 2.12 bits per heavy atom. The summed E-state index contributed by atoms with van der Waals surface area (Å²) in [5.74, 6) is -0.430. The van der Waals surface area contributed by atoms with Crippen molar-refractivity contribution in [3.8, 4) is 16.0 Å². The van der Waals surface area contributed by atoms with Gasteiger partial charge in [-0.2, -0.15) is 5.26 Å². The highest BCUT2D eigenvalue weighted by Crippen LogP contribution is 2.28. The van der Waals surface area contributed by atoms with Gasteiger partial charge in [-0.25, -0.2) is 4.98 Å². The molecule has 0 saturated carbocycles. The minimum absolute atomic E-state index is 0.0306. The highest BCUT2D eigenvalue weighted by atomic mass is 32.1. The minimum Gasteiger partial charge on any atom is -0.321 e. The van der Waals surface area contributed by atoms with Crippen LogP contribution in [0.5, 0.6) is 0 Å². The van der Waals surface area contributed by atoms with Crippen molar-refractivity contribution in [3.63, 3.8) is 0 Å². The van der Waals surface area contributed by atoms with Gasteiger partial charge in [0.25, 0.3) is 5.91 Å². The minimum atomic E-state index is -0.430. The Hall–Kier alpha value is -2.75. The van der Waals surface area contributed by atoms with Crippen molar-refractivity contribution >= 4 is 40.3 Å². The molecule has 124 valence electrons. The standard InChI is InChI=1S/C19H15N3OS2/c1-12-5-6-16(13(2)8-12)22-18(23)14(10-20)9-15-11-25-19(21-15)17-4-3-7-24-17/h3-9,11H,1-2H3,(H,22,23). The van der Waals surface area contributed by atoms with Crippen molar-refractivity contribution in [2.75, 3.05) is 5.32 Å². The van der Waals surface area contributed by atoms with Crippen molar-refractivity contribution in [2.45, 2.75) is 13.8 Å². The summed E-state index contributed by atoms with van der Waals surface area (Å²) >= 11 is 3.10. The Balaban J connectivity index is 1.80. The normalized spacial score (nSPS) is 11.2. The first-order chi connectivity index (χ1) is 12.1.